The Labute approximate surface area is 126 Å². The van der Waals surface area contributed by atoms with Crippen LogP contribution in [0.2, 0.25) is 0 Å². The second-order valence-corrected chi connectivity index (χ2v) is 5.97. The van der Waals surface area contributed by atoms with Gasteiger partial charge in [0.25, 0.3) is 0 Å². The molecule has 21 heavy (non-hydrogen) atoms. The van der Waals surface area contributed by atoms with Crippen LogP contribution in [0.25, 0.3) is 0 Å². The van der Waals surface area contributed by atoms with E-state index in [1.54, 1.807) is 0 Å². The molecule has 0 aliphatic heterocycles. The number of aliphatic carboxylic acids is 1. The summed E-state index contributed by atoms with van der Waals surface area (Å²) in [5.74, 6) is -0.700. The highest BCUT2D eigenvalue weighted by molar-refractivity contribution is 5.83. The number of nitrogens with one attached hydrogen (secondary N) is 1. The van der Waals surface area contributed by atoms with Gasteiger partial charge in [-0.05, 0) is 30.7 Å². The van der Waals surface area contributed by atoms with E-state index >= 15 is 0 Å². The summed E-state index contributed by atoms with van der Waals surface area (Å²) in [5, 5.41) is 11.8. The van der Waals surface area contributed by atoms with Crippen LogP contribution in [0.4, 0.5) is 0 Å². The molecule has 4 nitrogen and oxygen atoms in total. The normalized spacial score (nSPS) is 13.7. The highest BCUT2D eigenvalue weighted by Crippen LogP contribution is 2.17. The van der Waals surface area contributed by atoms with Crippen LogP contribution in [0.5, 0.6) is 0 Å². The zero-order chi connectivity index (χ0) is 15.8. The predicted octanol–water partition coefficient (Wildman–Crippen LogP) is 3.04. The molecule has 0 aliphatic carbocycles. The molecule has 1 amide bonds. The number of carbonyl (C=O) groups excluding carboxylic acids is 1. The van der Waals surface area contributed by atoms with Gasteiger partial charge in [-0.3, -0.25) is 9.59 Å². The van der Waals surface area contributed by atoms with E-state index in [2.05, 4.69) is 19.2 Å². The van der Waals surface area contributed by atoms with Crippen molar-refractivity contribution in [1.82, 2.24) is 5.32 Å². The molecular weight excluding hydrogens is 266 g/mol. The maximum absolute atomic E-state index is 12.2. The summed E-state index contributed by atoms with van der Waals surface area (Å²) in [4.78, 5) is 23.0. The first-order valence-electron chi connectivity index (χ1n) is 7.44. The lowest BCUT2D eigenvalue weighted by atomic mass is 9.93. The molecule has 1 rings (SSSR count). The molecule has 0 fully saturated rings. The number of carboxylic acid groups (broad SMARTS) is 1. The van der Waals surface area contributed by atoms with Crippen LogP contribution >= 0.6 is 0 Å². The van der Waals surface area contributed by atoms with Gasteiger partial charge in [-0.1, -0.05) is 44.2 Å². The van der Waals surface area contributed by atoms with Gasteiger partial charge in [0.2, 0.25) is 5.91 Å². The summed E-state index contributed by atoms with van der Waals surface area (Å²) < 4.78 is 0. The largest absolute Gasteiger partial charge is 0.481 e. The van der Waals surface area contributed by atoms with E-state index < -0.39 is 5.97 Å². The summed E-state index contributed by atoms with van der Waals surface area (Å²) in [6, 6.07) is 9.58. The van der Waals surface area contributed by atoms with Gasteiger partial charge in [-0.2, -0.15) is 0 Å². The van der Waals surface area contributed by atoms with Gasteiger partial charge in [0.15, 0.2) is 0 Å². The Bertz CT molecular complexity index is 456. The second kappa shape index (κ2) is 8.45. The minimum atomic E-state index is -0.814. The average molecular weight is 291 g/mol. The molecule has 116 valence electrons. The van der Waals surface area contributed by atoms with Crippen LogP contribution in [-0.4, -0.2) is 23.5 Å². The Morgan fingerprint density at radius 3 is 2.29 bits per heavy atom. The molecule has 0 heterocycles. The summed E-state index contributed by atoms with van der Waals surface area (Å²) in [5.41, 5.74) is 0.966. The summed E-state index contributed by atoms with van der Waals surface area (Å²) in [6.07, 6.45) is 0.893. The van der Waals surface area contributed by atoms with Crippen molar-refractivity contribution in [2.75, 3.05) is 6.54 Å². The first-order valence-corrected chi connectivity index (χ1v) is 7.44. The van der Waals surface area contributed by atoms with Crippen LogP contribution in [-0.2, 0) is 9.59 Å². The van der Waals surface area contributed by atoms with E-state index in [1.165, 1.54) is 0 Å². The molecule has 0 aromatic heterocycles. The molecule has 4 heteroatoms. The Kier molecular flexibility index (Phi) is 6.92. The maximum Gasteiger partial charge on any atom is 0.303 e. The standard InChI is InChI=1S/C17H25NO3/c1-12(2)9-14(10-16(19)20)11-18-17(21)13(3)15-7-5-4-6-8-15/h4-8,12-14H,9-11H2,1-3H3,(H,18,21)(H,19,20)/t13?,14-/m0/s1. The number of carbonyl (C=O) groups is 2. The third-order valence-electron chi connectivity index (χ3n) is 3.53. The fourth-order valence-corrected chi connectivity index (χ4v) is 2.44. The van der Waals surface area contributed by atoms with Gasteiger partial charge in [0.05, 0.1) is 5.92 Å². The quantitative estimate of drug-likeness (QED) is 0.773. The smallest absolute Gasteiger partial charge is 0.303 e. The molecular formula is C17H25NO3. The molecule has 2 N–H and O–H groups in total. The zero-order valence-corrected chi connectivity index (χ0v) is 13.0. The molecule has 0 bridgehead atoms. The summed E-state index contributed by atoms with van der Waals surface area (Å²) in [7, 11) is 0. The summed E-state index contributed by atoms with van der Waals surface area (Å²) >= 11 is 0. The first-order chi connectivity index (χ1) is 9.90. The molecule has 2 atom stereocenters. The predicted molar refractivity (Wildman–Crippen MR) is 83.1 cm³/mol. The SMILES string of the molecule is CC(C)C[C@H](CNC(=O)C(C)c1ccccc1)CC(=O)O. The van der Waals surface area contributed by atoms with Gasteiger partial charge >= 0.3 is 5.97 Å². The lowest BCUT2D eigenvalue weighted by Crippen LogP contribution is -2.33. The van der Waals surface area contributed by atoms with Crippen LogP contribution in [0.15, 0.2) is 30.3 Å². The number of carboxylic acids is 1. The van der Waals surface area contributed by atoms with Crippen LogP contribution in [0.3, 0.4) is 0 Å². The van der Waals surface area contributed by atoms with Crippen LogP contribution in [0, 0.1) is 11.8 Å². The number of hydrogen-bond donors (Lipinski definition) is 2. The van der Waals surface area contributed by atoms with Gasteiger partial charge in [-0.15, -0.1) is 0 Å². The van der Waals surface area contributed by atoms with Crippen molar-refractivity contribution >= 4 is 11.9 Å². The van der Waals surface area contributed by atoms with E-state index in [4.69, 9.17) is 5.11 Å². The molecule has 1 unspecified atom stereocenters. The molecule has 1 aromatic carbocycles. The van der Waals surface area contributed by atoms with E-state index in [1.807, 2.05) is 37.3 Å². The maximum atomic E-state index is 12.2. The zero-order valence-electron chi connectivity index (χ0n) is 13.0. The molecule has 0 radical (unpaired) electrons. The Morgan fingerprint density at radius 2 is 1.76 bits per heavy atom. The van der Waals surface area contributed by atoms with Crippen molar-refractivity contribution in [3.63, 3.8) is 0 Å². The highest BCUT2D eigenvalue weighted by atomic mass is 16.4. The summed E-state index contributed by atoms with van der Waals surface area (Å²) in [6.45, 7) is 6.40. The average Bonchev–Trinajstić information content (AvgIpc) is 2.43. The van der Waals surface area contributed by atoms with Crippen molar-refractivity contribution < 1.29 is 14.7 Å². The highest BCUT2D eigenvalue weighted by Gasteiger charge is 2.19. The molecule has 0 saturated heterocycles. The Morgan fingerprint density at radius 1 is 1.14 bits per heavy atom. The number of hydrogen-bond acceptors (Lipinski definition) is 2. The lowest BCUT2D eigenvalue weighted by molar-refractivity contribution is -0.138. The minimum absolute atomic E-state index is 0.0191. The fourth-order valence-electron chi connectivity index (χ4n) is 2.44. The minimum Gasteiger partial charge on any atom is -0.481 e. The number of benzene rings is 1. The fraction of sp³-hybridized carbons (Fsp3) is 0.529. The van der Waals surface area contributed by atoms with Gasteiger partial charge < -0.3 is 10.4 Å². The molecule has 0 aliphatic rings. The molecule has 1 aromatic rings. The third-order valence-corrected chi connectivity index (χ3v) is 3.53. The van der Waals surface area contributed by atoms with Gasteiger partial charge in [-0.25, -0.2) is 0 Å². The van der Waals surface area contributed by atoms with Crippen LogP contribution in [0.1, 0.15) is 45.1 Å². The van der Waals surface area contributed by atoms with Crippen LogP contribution < -0.4 is 5.32 Å². The van der Waals surface area contributed by atoms with E-state index in [0.29, 0.717) is 12.5 Å². The van der Waals surface area contributed by atoms with E-state index in [0.717, 1.165) is 12.0 Å². The monoisotopic (exact) mass is 291 g/mol. The molecule has 0 spiro atoms. The first kappa shape index (κ1) is 17.2. The van der Waals surface area contributed by atoms with Crippen molar-refractivity contribution in [2.24, 2.45) is 11.8 Å². The lowest BCUT2D eigenvalue weighted by Gasteiger charge is -2.19. The van der Waals surface area contributed by atoms with Crippen molar-refractivity contribution in [3.8, 4) is 0 Å². The van der Waals surface area contributed by atoms with Crippen molar-refractivity contribution in [1.29, 1.82) is 0 Å². The van der Waals surface area contributed by atoms with Gasteiger partial charge in [0, 0.05) is 13.0 Å². The third kappa shape index (κ3) is 6.43. The number of rotatable bonds is 8. The van der Waals surface area contributed by atoms with E-state index in [9.17, 15) is 9.59 Å². The topological polar surface area (TPSA) is 66.4 Å². The van der Waals surface area contributed by atoms with Crippen molar-refractivity contribution in [3.05, 3.63) is 35.9 Å². The molecule has 0 saturated carbocycles. The Hall–Kier alpha value is -1.84. The number of amides is 1. The Balaban J connectivity index is 2.54. The second-order valence-electron chi connectivity index (χ2n) is 5.97. The van der Waals surface area contributed by atoms with E-state index in [-0.39, 0.29) is 24.2 Å². The van der Waals surface area contributed by atoms with Crippen molar-refractivity contribution in [2.45, 2.75) is 39.5 Å². The van der Waals surface area contributed by atoms with Gasteiger partial charge in [0.1, 0.15) is 0 Å².